The van der Waals surface area contributed by atoms with Crippen molar-refractivity contribution in [2.45, 2.75) is 13.0 Å². The fourth-order valence-electron chi connectivity index (χ4n) is 2.18. The van der Waals surface area contributed by atoms with Gasteiger partial charge >= 0.3 is 0 Å². The smallest absolute Gasteiger partial charge is 0.127 e. The molecule has 0 bridgehead atoms. The lowest BCUT2D eigenvalue weighted by Gasteiger charge is -2.18. The fourth-order valence-corrected chi connectivity index (χ4v) is 2.18. The van der Waals surface area contributed by atoms with E-state index in [0.717, 1.165) is 22.6 Å². The van der Waals surface area contributed by atoms with Gasteiger partial charge in [-0.15, -0.1) is 0 Å². The van der Waals surface area contributed by atoms with E-state index in [9.17, 15) is 0 Å². The van der Waals surface area contributed by atoms with E-state index >= 15 is 0 Å². The first-order valence-corrected chi connectivity index (χ1v) is 6.20. The zero-order valence-corrected chi connectivity index (χ0v) is 11.5. The molecule has 0 aliphatic heterocycles. The lowest BCUT2D eigenvalue weighted by atomic mass is 9.95. The molecule has 1 atom stereocenters. The molecule has 19 heavy (non-hydrogen) atoms. The molecule has 2 aromatic carbocycles. The summed E-state index contributed by atoms with van der Waals surface area (Å²) in [6, 6.07) is 13.6. The number of benzene rings is 2. The highest BCUT2D eigenvalue weighted by atomic mass is 16.5. The van der Waals surface area contributed by atoms with Crippen molar-refractivity contribution in [1.29, 1.82) is 0 Å². The van der Waals surface area contributed by atoms with Crippen molar-refractivity contribution in [2.75, 3.05) is 14.2 Å². The van der Waals surface area contributed by atoms with Gasteiger partial charge in [-0.05, 0) is 30.2 Å². The highest BCUT2D eigenvalue weighted by Gasteiger charge is 2.16. The maximum absolute atomic E-state index is 6.36. The van der Waals surface area contributed by atoms with E-state index in [-0.39, 0.29) is 6.04 Å². The van der Waals surface area contributed by atoms with Gasteiger partial charge in [0.25, 0.3) is 0 Å². The SMILES string of the molecule is COc1ccc(C(N)c2ccccc2C)c(OC)c1. The number of nitrogens with two attached hydrogens (primary N) is 1. The Morgan fingerprint density at radius 3 is 2.32 bits per heavy atom. The molecule has 100 valence electrons. The summed E-state index contributed by atoms with van der Waals surface area (Å²) in [4.78, 5) is 0. The molecule has 1 unspecified atom stereocenters. The standard InChI is InChI=1S/C16H19NO2/c1-11-6-4-5-7-13(11)16(17)14-9-8-12(18-2)10-15(14)19-3/h4-10,16H,17H2,1-3H3. The molecule has 2 aromatic rings. The molecule has 3 nitrogen and oxygen atoms in total. The summed E-state index contributed by atoms with van der Waals surface area (Å²) in [5, 5.41) is 0. The number of hydrogen-bond donors (Lipinski definition) is 1. The van der Waals surface area contributed by atoms with Gasteiger partial charge in [0, 0.05) is 11.6 Å². The molecular formula is C16H19NO2. The van der Waals surface area contributed by atoms with E-state index < -0.39 is 0 Å². The van der Waals surface area contributed by atoms with Crippen LogP contribution in [0.1, 0.15) is 22.7 Å². The predicted molar refractivity (Wildman–Crippen MR) is 76.8 cm³/mol. The van der Waals surface area contributed by atoms with Crippen LogP contribution in [0, 0.1) is 6.92 Å². The first-order valence-electron chi connectivity index (χ1n) is 6.20. The average Bonchev–Trinajstić information content (AvgIpc) is 2.46. The van der Waals surface area contributed by atoms with Crippen molar-refractivity contribution in [3.05, 3.63) is 59.2 Å². The van der Waals surface area contributed by atoms with E-state index in [0.29, 0.717) is 0 Å². The van der Waals surface area contributed by atoms with E-state index in [1.165, 1.54) is 5.56 Å². The fraction of sp³-hybridized carbons (Fsp3) is 0.250. The lowest BCUT2D eigenvalue weighted by Crippen LogP contribution is -2.14. The highest BCUT2D eigenvalue weighted by molar-refractivity contribution is 5.47. The number of methoxy groups -OCH3 is 2. The monoisotopic (exact) mass is 257 g/mol. The molecular weight excluding hydrogens is 238 g/mol. The topological polar surface area (TPSA) is 44.5 Å². The van der Waals surface area contributed by atoms with Crippen LogP contribution >= 0.6 is 0 Å². The van der Waals surface area contributed by atoms with Crippen LogP contribution in [0.5, 0.6) is 11.5 Å². The van der Waals surface area contributed by atoms with Crippen LogP contribution in [0.25, 0.3) is 0 Å². The number of rotatable bonds is 4. The van der Waals surface area contributed by atoms with Crippen LogP contribution in [0.15, 0.2) is 42.5 Å². The van der Waals surface area contributed by atoms with Gasteiger partial charge in [-0.25, -0.2) is 0 Å². The van der Waals surface area contributed by atoms with Crippen molar-refractivity contribution in [3.63, 3.8) is 0 Å². The summed E-state index contributed by atoms with van der Waals surface area (Å²) in [5.74, 6) is 1.51. The van der Waals surface area contributed by atoms with Crippen molar-refractivity contribution in [3.8, 4) is 11.5 Å². The maximum atomic E-state index is 6.36. The van der Waals surface area contributed by atoms with Gasteiger partial charge < -0.3 is 15.2 Å². The molecule has 0 amide bonds. The third-order valence-electron chi connectivity index (χ3n) is 3.30. The molecule has 0 radical (unpaired) electrons. The van der Waals surface area contributed by atoms with Gasteiger partial charge in [0.2, 0.25) is 0 Å². The minimum Gasteiger partial charge on any atom is -0.497 e. The van der Waals surface area contributed by atoms with Crippen LogP contribution in [0.3, 0.4) is 0 Å². The van der Waals surface area contributed by atoms with Crippen LogP contribution in [-0.2, 0) is 0 Å². The van der Waals surface area contributed by atoms with Gasteiger partial charge in [-0.2, -0.15) is 0 Å². The molecule has 3 heteroatoms. The molecule has 0 aliphatic carbocycles. The molecule has 0 spiro atoms. The third kappa shape index (κ3) is 2.71. The van der Waals surface area contributed by atoms with Crippen LogP contribution in [0.4, 0.5) is 0 Å². The molecule has 0 heterocycles. The van der Waals surface area contributed by atoms with E-state index in [2.05, 4.69) is 13.0 Å². The zero-order chi connectivity index (χ0) is 13.8. The molecule has 0 saturated heterocycles. The second-order valence-electron chi connectivity index (χ2n) is 4.44. The largest absolute Gasteiger partial charge is 0.497 e. The Bertz CT molecular complexity index is 566. The second kappa shape index (κ2) is 5.76. The van der Waals surface area contributed by atoms with Gasteiger partial charge in [0.15, 0.2) is 0 Å². The second-order valence-corrected chi connectivity index (χ2v) is 4.44. The van der Waals surface area contributed by atoms with Crippen molar-refractivity contribution in [2.24, 2.45) is 5.73 Å². The van der Waals surface area contributed by atoms with Crippen LogP contribution < -0.4 is 15.2 Å². The highest BCUT2D eigenvalue weighted by Crippen LogP contribution is 2.32. The first kappa shape index (κ1) is 13.4. The van der Waals surface area contributed by atoms with Crippen molar-refractivity contribution in [1.82, 2.24) is 0 Å². The number of ether oxygens (including phenoxy) is 2. The summed E-state index contributed by atoms with van der Waals surface area (Å²) >= 11 is 0. The van der Waals surface area contributed by atoms with E-state index in [4.69, 9.17) is 15.2 Å². The molecule has 0 fully saturated rings. The van der Waals surface area contributed by atoms with E-state index in [1.54, 1.807) is 14.2 Å². The minimum absolute atomic E-state index is 0.206. The van der Waals surface area contributed by atoms with Gasteiger partial charge in [0.1, 0.15) is 11.5 Å². The summed E-state index contributed by atoms with van der Waals surface area (Å²) in [6.07, 6.45) is 0. The zero-order valence-electron chi connectivity index (χ0n) is 11.5. The number of aryl methyl sites for hydroxylation is 1. The summed E-state index contributed by atoms with van der Waals surface area (Å²) < 4.78 is 10.6. The van der Waals surface area contributed by atoms with Crippen LogP contribution in [-0.4, -0.2) is 14.2 Å². The summed E-state index contributed by atoms with van der Waals surface area (Å²) in [5.41, 5.74) is 9.60. The number of hydrogen-bond acceptors (Lipinski definition) is 3. The maximum Gasteiger partial charge on any atom is 0.127 e. The molecule has 2 N–H and O–H groups in total. The third-order valence-corrected chi connectivity index (χ3v) is 3.30. The van der Waals surface area contributed by atoms with Crippen LogP contribution in [0.2, 0.25) is 0 Å². The molecule has 0 aliphatic rings. The Kier molecular flexibility index (Phi) is 4.07. The Labute approximate surface area is 114 Å². The van der Waals surface area contributed by atoms with Gasteiger partial charge in [-0.1, -0.05) is 24.3 Å². The summed E-state index contributed by atoms with van der Waals surface area (Å²) in [7, 11) is 3.28. The minimum atomic E-state index is -0.206. The average molecular weight is 257 g/mol. The van der Waals surface area contributed by atoms with E-state index in [1.807, 2.05) is 36.4 Å². The predicted octanol–water partition coefficient (Wildman–Crippen LogP) is 3.06. The Morgan fingerprint density at radius 2 is 1.68 bits per heavy atom. The van der Waals surface area contributed by atoms with Gasteiger partial charge in [-0.3, -0.25) is 0 Å². The normalized spacial score (nSPS) is 12.0. The lowest BCUT2D eigenvalue weighted by molar-refractivity contribution is 0.390. The van der Waals surface area contributed by atoms with Crippen molar-refractivity contribution < 1.29 is 9.47 Å². The van der Waals surface area contributed by atoms with Gasteiger partial charge in [0.05, 0.1) is 20.3 Å². The molecule has 0 aromatic heterocycles. The Morgan fingerprint density at radius 1 is 0.947 bits per heavy atom. The quantitative estimate of drug-likeness (QED) is 0.915. The molecule has 0 saturated carbocycles. The first-order chi connectivity index (χ1) is 9.17. The Balaban J connectivity index is 2.44. The Hall–Kier alpha value is -2.00. The van der Waals surface area contributed by atoms with Crippen molar-refractivity contribution >= 4 is 0 Å². The molecule has 2 rings (SSSR count). The summed E-state index contributed by atoms with van der Waals surface area (Å²) in [6.45, 7) is 2.06.